The van der Waals surface area contributed by atoms with Crippen molar-refractivity contribution in [1.29, 1.82) is 0 Å². The number of nitrogens with zero attached hydrogens (tertiary/aromatic N) is 2. The predicted octanol–water partition coefficient (Wildman–Crippen LogP) is 3.27. The molecule has 2 aromatic rings. The van der Waals surface area contributed by atoms with Crippen LogP contribution in [0, 0.1) is 0 Å². The molecule has 2 aromatic carbocycles. The highest BCUT2D eigenvalue weighted by molar-refractivity contribution is 6.30. The van der Waals surface area contributed by atoms with Crippen molar-refractivity contribution >= 4 is 23.4 Å². The van der Waals surface area contributed by atoms with Gasteiger partial charge in [0.2, 0.25) is 11.8 Å². The first-order valence-corrected chi connectivity index (χ1v) is 11.1. The predicted molar refractivity (Wildman–Crippen MR) is 122 cm³/mol. The average Bonchev–Trinajstić information content (AvgIpc) is 2.81. The largest absolute Gasteiger partial charge is 0.379 e. The van der Waals surface area contributed by atoms with Gasteiger partial charge in [-0.05, 0) is 23.3 Å². The molecule has 1 aliphatic heterocycles. The number of benzene rings is 2. The highest BCUT2D eigenvalue weighted by atomic mass is 35.5. The van der Waals surface area contributed by atoms with E-state index in [0.29, 0.717) is 24.5 Å². The van der Waals surface area contributed by atoms with Gasteiger partial charge in [-0.2, -0.15) is 0 Å². The van der Waals surface area contributed by atoms with Crippen molar-refractivity contribution in [2.75, 3.05) is 39.4 Å². The number of amides is 2. The number of morpholine rings is 1. The minimum Gasteiger partial charge on any atom is -0.379 e. The fraction of sp³-hybridized carbons (Fsp3) is 0.417. The Hall–Kier alpha value is -2.41. The van der Waals surface area contributed by atoms with E-state index in [9.17, 15) is 9.59 Å². The van der Waals surface area contributed by atoms with Crippen LogP contribution in [0.3, 0.4) is 0 Å². The first-order chi connectivity index (χ1) is 15.1. The molecule has 166 valence electrons. The van der Waals surface area contributed by atoms with Crippen LogP contribution in [0.1, 0.15) is 30.5 Å². The van der Waals surface area contributed by atoms with Crippen LogP contribution in [-0.2, 0) is 20.9 Å². The molecule has 0 spiro atoms. The van der Waals surface area contributed by atoms with Gasteiger partial charge < -0.3 is 15.0 Å². The smallest absolute Gasteiger partial charge is 0.247 e. The fourth-order valence-corrected chi connectivity index (χ4v) is 3.81. The van der Waals surface area contributed by atoms with Gasteiger partial charge in [0.1, 0.15) is 6.04 Å². The molecule has 1 saturated heterocycles. The number of hydrogen-bond acceptors (Lipinski definition) is 4. The minimum atomic E-state index is -0.700. The molecule has 1 atom stereocenters. The summed E-state index contributed by atoms with van der Waals surface area (Å²) in [4.78, 5) is 30.2. The van der Waals surface area contributed by atoms with Crippen molar-refractivity contribution in [2.24, 2.45) is 0 Å². The Balaban J connectivity index is 1.78. The van der Waals surface area contributed by atoms with Crippen LogP contribution < -0.4 is 5.32 Å². The first kappa shape index (κ1) is 23.3. The second-order valence-corrected chi connectivity index (χ2v) is 8.00. The van der Waals surface area contributed by atoms with E-state index in [-0.39, 0.29) is 11.8 Å². The molecule has 0 bridgehead atoms. The lowest BCUT2D eigenvalue weighted by molar-refractivity contribution is -0.141. The molecule has 0 aliphatic carbocycles. The summed E-state index contributed by atoms with van der Waals surface area (Å²) in [7, 11) is 0. The summed E-state index contributed by atoms with van der Waals surface area (Å²) in [6.07, 6.45) is 0.317. The van der Waals surface area contributed by atoms with Gasteiger partial charge in [0.25, 0.3) is 0 Å². The maximum absolute atomic E-state index is 13.3. The zero-order valence-corrected chi connectivity index (χ0v) is 18.7. The van der Waals surface area contributed by atoms with E-state index in [4.69, 9.17) is 16.3 Å². The van der Waals surface area contributed by atoms with E-state index in [1.54, 1.807) is 17.0 Å². The van der Waals surface area contributed by atoms with Crippen molar-refractivity contribution in [1.82, 2.24) is 15.1 Å². The third kappa shape index (κ3) is 6.79. The molecule has 2 amide bonds. The van der Waals surface area contributed by atoms with Crippen molar-refractivity contribution in [3.8, 4) is 0 Å². The topological polar surface area (TPSA) is 61.9 Å². The van der Waals surface area contributed by atoms with Crippen LogP contribution in [-0.4, -0.2) is 61.0 Å². The average molecular weight is 444 g/mol. The molecule has 6 nitrogen and oxygen atoms in total. The number of ether oxygens (including phenoxy) is 1. The monoisotopic (exact) mass is 443 g/mol. The van der Waals surface area contributed by atoms with Gasteiger partial charge in [0.15, 0.2) is 0 Å². The number of carbonyl (C=O) groups excluding carboxylic acids is 2. The standard InChI is InChI=1S/C24H30ClN3O3/c1-2-22(29)28(18-19-8-10-21(25)11-9-19)23(20-6-4-3-5-7-20)24(30)26-12-13-27-14-16-31-17-15-27/h3-11,23H,2,12-18H2,1H3,(H,26,30)/t23-/m1/s1. The Morgan fingerprint density at radius 1 is 1.10 bits per heavy atom. The molecular weight excluding hydrogens is 414 g/mol. The van der Waals surface area contributed by atoms with Gasteiger partial charge in [-0.1, -0.05) is 61.0 Å². The molecule has 3 rings (SSSR count). The van der Waals surface area contributed by atoms with Gasteiger partial charge in [-0.3, -0.25) is 14.5 Å². The Morgan fingerprint density at radius 2 is 1.77 bits per heavy atom. The van der Waals surface area contributed by atoms with Crippen molar-refractivity contribution in [2.45, 2.75) is 25.9 Å². The summed E-state index contributed by atoms with van der Waals surface area (Å²) in [5, 5.41) is 3.68. The SMILES string of the molecule is CCC(=O)N(Cc1ccc(Cl)cc1)[C@@H](C(=O)NCCN1CCOCC1)c1ccccc1. The molecule has 1 heterocycles. The van der Waals surface area contributed by atoms with Crippen LogP contribution in [0.15, 0.2) is 54.6 Å². The zero-order chi connectivity index (χ0) is 22.1. The highest BCUT2D eigenvalue weighted by Gasteiger charge is 2.30. The molecule has 0 saturated carbocycles. The Morgan fingerprint density at radius 3 is 2.42 bits per heavy atom. The van der Waals surface area contributed by atoms with Gasteiger partial charge in [-0.15, -0.1) is 0 Å². The maximum atomic E-state index is 13.3. The van der Waals surface area contributed by atoms with Crippen LogP contribution in [0.5, 0.6) is 0 Å². The summed E-state index contributed by atoms with van der Waals surface area (Å²) < 4.78 is 5.38. The third-order valence-electron chi connectivity index (χ3n) is 5.40. The maximum Gasteiger partial charge on any atom is 0.247 e. The van der Waals surface area contributed by atoms with E-state index in [0.717, 1.165) is 44.0 Å². The summed E-state index contributed by atoms with van der Waals surface area (Å²) in [6.45, 7) is 6.62. The van der Waals surface area contributed by atoms with Crippen LogP contribution in [0.4, 0.5) is 0 Å². The van der Waals surface area contributed by atoms with Gasteiger partial charge in [0, 0.05) is 44.2 Å². The number of halogens is 1. The van der Waals surface area contributed by atoms with Gasteiger partial charge in [0.05, 0.1) is 13.2 Å². The molecule has 1 N–H and O–H groups in total. The Labute approximate surface area is 189 Å². The lowest BCUT2D eigenvalue weighted by Gasteiger charge is -2.32. The highest BCUT2D eigenvalue weighted by Crippen LogP contribution is 2.25. The van der Waals surface area contributed by atoms with Gasteiger partial charge >= 0.3 is 0 Å². The molecule has 31 heavy (non-hydrogen) atoms. The molecule has 0 unspecified atom stereocenters. The van der Waals surface area contributed by atoms with Crippen LogP contribution in [0.2, 0.25) is 5.02 Å². The number of nitrogens with one attached hydrogen (secondary N) is 1. The number of rotatable bonds is 9. The quantitative estimate of drug-likeness (QED) is 0.646. The third-order valence-corrected chi connectivity index (χ3v) is 5.65. The minimum absolute atomic E-state index is 0.0767. The number of hydrogen-bond donors (Lipinski definition) is 1. The van der Waals surface area contributed by atoms with E-state index in [1.807, 2.05) is 49.4 Å². The van der Waals surface area contributed by atoms with Crippen molar-refractivity contribution in [3.63, 3.8) is 0 Å². The summed E-state index contributed by atoms with van der Waals surface area (Å²) in [5.41, 5.74) is 1.72. The fourth-order valence-electron chi connectivity index (χ4n) is 3.68. The van der Waals surface area contributed by atoms with E-state index in [1.165, 1.54) is 0 Å². The number of carbonyl (C=O) groups is 2. The second-order valence-electron chi connectivity index (χ2n) is 7.56. The molecular formula is C24H30ClN3O3. The van der Waals surface area contributed by atoms with E-state index in [2.05, 4.69) is 10.2 Å². The van der Waals surface area contributed by atoms with E-state index >= 15 is 0 Å². The normalized spacial score (nSPS) is 15.3. The van der Waals surface area contributed by atoms with Gasteiger partial charge in [-0.25, -0.2) is 0 Å². The molecule has 0 aromatic heterocycles. The summed E-state index contributed by atoms with van der Waals surface area (Å²) in [6, 6.07) is 16.1. The van der Waals surface area contributed by atoms with E-state index < -0.39 is 6.04 Å². The first-order valence-electron chi connectivity index (χ1n) is 10.7. The molecule has 7 heteroatoms. The Bertz CT molecular complexity index is 839. The van der Waals surface area contributed by atoms with Crippen molar-refractivity contribution < 1.29 is 14.3 Å². The Kier molecular flexibility index (Phi) is 8.88. The van der Waals surface area contributed by atoms with Crippen LogP contribution >= 0.6 is 11.6 Å². The summed E-state index contributed by atoms with van der Waals surface area (Å²) in [5.74, 6) is -0.248. The van der Waals surface area contributed by atoms with Crippen molar-refractivity contribution in [3.05, 3.63) is 70.7 Å². The zero-order valence-electron chi connectivity index (χ0n) is 17.9. The molecule has 0 radical (unpaired) electrons. The molecule has 1 fully saturated rings. The van der Waals surface area contributed by atoms with Crippen LogP contribution in [0.25, 0.3) is 0 Å². The summed E-state index contributed by atoms with van der Waals surface area (Å²) >= 11 is 6.01. The lowest BCUT2D eigenvalue weighted by Crippen LogP contribution is -2.46. The lowest BCUT2D eigenvalue weighted by atomic mass is 10.0. The second kappa shape index (κ2) is 11.8. The molecule has 1 aliphatic rings.